The number of carbonyl (C=O) groups excluding carboxylic acids is 1. The van der Waals surface area contributed by atoms with Crippen molar-refractivity contribution in [3.63, 3.8) is 0 Å². The van der Waals surface area contributed by atoms with Crippen molar-refractivity contribution in [1.29, 1.82) is 0 Å². The number of ether oxygens (including phenoxy) is 1. The van der Waals surface area contributed by atoms with E-state index in [2.05, 4.69) is 15.7 Å². The van der Waals surface area contributed by atoms with E-state index in [1.54, 1.807) is 7.11 Å². The highest BCUT2D eigenvalue weighted by molar-refractivity contribution is 5.94. The van der Waals surface area contributed by atoms with Crippen LogP contribution >= 0.6 is 12.4 Å². The molecule has 0 radical (unpaired) electrons. The van der Waals surface area contributed by atoms with Crippen LogP contribution in [0.25, 0.3) is 5.69 Å². The highest BCUT2D eigenvalue weighted by atomic mass is 35.5. The maximum Gasteiger partial charge on any atom is 0.251 e. The van der Waals surface area contributed by atoms with Crippen molar-refractivity contribution >= 4 is 18.3 Å². The van der Waals surface area contributed by atoms with Crippen molar-refractivity contribution in [3.8, 4) is 5.69 Å². The summed E-state index contributed by atoms with van der Waals surface area (Å²) in [5.74, 6) is -0.0827. The number of nitrogens with one attached hydrogen (secondary N) is 2. The van der Waals surface area contributed by atoms with Gasteiger partial charge in [-0.1, -0.05) is 0 Å². The van der Waals surface area contributed by atoms with Gasteiger partial charge in [-0.25, -0.2) is 4.68 Å². The molecule has 130 valence electrons. The topological polar surface area (TPSA) is 68.2 Å². The van der Waals surface area contributed by atoms with Crippen LogP contribution in [0, 0.1) is 13.8 Å². The Morgan fingerprint density at radius 2 is 2.00 bits per heavy atom. The fourth-order valence-corrected chi connectivity index (χ4v) is 2.94. The van der Waals surface area contributed by atoms with Gasteiger partial charge in [0.25, 0.3) is 5.91 Å². The molecule has 0 bridgehead atoms. The number of aromatic nitrogens is 2. The highest BCUT2D eigenvalue weighted by Gasteiger charge is 2.28. The monoisotopic (exact) mass is 350 g/mol. The maximum atomic E-state index is 12.4. The van der Waals surface area contributed by atoms with E-state index in [9.17, 15) is 4.79 Å². The van der Waals surface area contributed by atoms with Gasteiger partial charge in [0, 0.05) is 31.5 Å². The number of carbonyl (C=O) groups is 1. The molecule has 1 aliphatic heterocycles. The molecule has 0 spiro atoms. The van der Waals surface area contributed by atoms with Crippen molar-refractivity contribution in [2.24, 2.45) is 0 Å². The van der Waals surface area contributed by atoms with E-state index in [1.807, 2.05) is 48.9 Å². The third-order valence-corrected chi connectivity index (χ3v) is 4.16. The average Bonchev–Trinajstić information content (AvgIpc) is 3.13. The van der Waals surface area contributed by atoms with Crippen LogP contribution in [0.3, 0.4) is 0 Å². The minimum Gasteiger partial charge on any atom is -0.378 e. The molecule has 1 saturated heterocycles. The van der Waals surface area contributed by atoms with Crippen LogP contribution in [0.4, 0.5) is 0 Å². The van der Waals surface area contributed by atoms with E-state index in [1.165, 1.54) is 0 Å². The molecule has 2 unspecified atom stereocenters. The molecule has 2 atom stereocenters. The fraction of sp³-hybridized carbons (Fsp3) is 0.412. The lowest BCUT2D eigenvalue weighted by atomic mass is 10.1. The number of benzene rings is 1. The molecule has 2 N–H and O–H groups in total. The molecule has 0 aliphatic carbocycles. The number of amides is 1. The zero-order chi connectivity index (χ0) is 16.4. The number of hydrogen-bond acceptors (Lipinski definition) is 4. The first-order valence-corrected chi connectivity index (χ1v) is 7.76. The number of methoxy groups -OCH3 is 1. The van der Waals surface area contributed by atoms with Gasteiger partial charge in [-0.2, -0.15) is 5.10 Å². The molecule has 3 rings (SSSR count). The smallest absolute Gasteiger partial charge is 0.251 e. The minimum atomic E-state index is -0.0827. The Labute approximate surface area is 148 Å². The van der Waals surface area contributed by atoms with Crippen molar-refractivity contribution < 1.29 is 9.53 Å². The first kappa shape index (κ1) is 18.4. The van der Waals surface area contributed by atoms with Gasteiger partial charge in [-0.3, -0.25) is 4.79 Å². The van der Waals surface area contributed by atoms with Crippen LogP contribution in [0.5, 0.6) is 0 Å². The maximum absolute atomic E-state index is 12.4. The molecule has 2 heterocycles. The zero-order valence-corrected chi connectivity index (χ0v) is 14.9. The Hall–Kier alpha value is -1.89. The van der Waals surface area contributed by atoms with Crippen LogP contribution in [0.2, 0.25) is 0 Å². The number of halogens is 1. The van der Waals surface area contributed by atoms with Gasteiger partial charge in [0.2, 0.25) is 0 Å². The number of nitrogens with zero attached hydrogens (tertiary/aromatic N) is 2. The van der Waals surface area contributed by atoms with Crippen molar-refractivity contribution in [3.05, 3.63) is 47.3 Å². The largest absolute Gasteiger partial charge is 0.378 e. The zero-order valence-electron chi connectivity index (χ0n) is 14.1. The van der Waals surface area contributed by atoms with Gasteiger partial charge in [0.05, 0.1) is 23.5 Å². The summed E-state index contributed by atoms with van der Waals surface area (Å²) in [5, 5.41) is 10.7. The molecule has 1 aromatic heterocycles. The summed E-state index contributed by atoms with van der Waals surface area (Å²) < 4.78 is 7.24. The number of aryl methyl sites for hydroxylation is 2. The van der Waals surface area contributed by atoms with Gasteiger partial charge in [-0.05, 0) is 44.2 Å². The van der Waals surface area contributed by atoms with Crippen molar-refractivity contribution in [1.82, 2.24) is 20.4 Å². The fourth-order valence-electron chi connectivity index (χ4n) is 2.94. The third-order valence-electron chi connectivity index (χ3n) is 4.16. The van der Waals surface area contributed by atoms with Crippen LogP contribution in [0.1, 0.15) is 21.7 Å². The van der Waals surface area contributed by atoms with E-state index < -0.39 is 0 Å². The predicted molar refractivity (Wildman–Crippen MR) is 95.2 cm³/mol. The summed E-state index contributed by atoms with van der Waals surface area (Å²) in [4.78, 5) is 12.4. The van der Waals surface area contributed by atoms with E-state index in [0.717, 1.165) is 30.2 Å². The Kier molecular flexibility index (Phi) is 5.99. The van der Waals surface area contributed by atoms with Gasteiger partial charge in [0.15, 0.2) is 0 Å². The van der Waals surface area contributed by atoms with Crippen LogP contribution < -0.4 is 10.6 Å². The van der Waals surface area contributed by atoms with E-state index >= 15 is 0 Å². The summed E-state index contributed by atoms with van der Waals surface area (Å²) in [6, 6.07) is 9.50. The van der Waals surface area contributed by atoms with Gasteiger partial charge in [-0.15, -0.1) is 12.4 Å². The molecule has 1 fully saturated rings. The van der Waals surface area contributed by atoms with Gasteiger partial charge >= 0.3 is 0 Å². The summed E-state index contributed by atoms with van der Waals surface area (Å²) in [6.07, 6.45) is 0.0212. The van der Waals surface area contributed by atoms with E-state index in [-0.39, 0.29) is 30.5 Å². The first-order valence-electron chi connectivity index (χ1n) is 7.76. The summed E-state index contributed by atoms with van der Waals surface area (Å²) >= 11 is 0. The summed E-state index contributed by atoms with van der Waals surface area (Å²) in [5.41, 5.74) is 3.63. The lowest BCUT2D eigenvalue weighted by molar-refractivity contribution is 0.0780. The molecule has 1 aliphatic rings. The van der Waals surface area contributed by atoms with Crippen LogP contribution in [-0.2, 0) is 4.74 Å². The summed E-state index contributed by atoms with van der Waals surface area (Å²) in [7, 11) is 1.67. The Bertz CT molecular complexity index is 699. The molecule has 6 nitrogen and oxygen atoms in total. The molecule has 24 heavy (non-hydrogen) atoms. The lowest BCUT2D eigenvalue weighted by Gasteiger charge is -2.18. The molecule has 0 saturated carbocycles. The first-order chi connectivity index (χ1) is 11.1. The number of rotatable bonds is 4. The standard InChI is InChI=1S/C17H22N4O2.ClH/c1-11-8-12(2)21(20-11)14-6-4-13(5-7-14)17(22)19-15-9-18-10-16(15)23-3;/h4-8,15-16,18H,9-10H2,1-3H3,(H,19,22);1H. The van der Waals surface area contributed by atoms with Gasteiger partial charge in [0.1, 0.15) is 0 Å². The van der Waals surface area contributed by atoms with Gasteiger partial charge < -0.3 is 15.4 Å². The van der Waals surface area contributed by atoms with Crippen LogP contribution in [-0.4, -0.2) is 48.0 Å². The third kappa shape index (κ3) is 3.77. The Balaban J connectivity index is 0.00000208. The second-order valence-corrected chi connectivity index (χ2v) is 5.90. The Morgan fingerprint density at radius 3 is 2.58 bits per heavy atom. The van der Waals surface area contributed by atoms with E-state index in [4.69, 9.17) is 4.74 Å². The SMILES string of the molecule is COC1CNCC1NC(=O)c1ccc(-n2nc(C)cc2C)cc1.Cl. The normalized spacial score (nSPS) is 19.8. The quantitative estimate of drug-likeness (QED) is 0.879. The second-order valence-electron chi connectivity index (χ2n) is 5.90. The second kappa shape index (κ2) is 7.79. The molecule has 7 heteroatoms. The van der Waals surface area contributed by atoms with Crippen LogP contribution in [0.15, 0.2) is 30.3 Å². The van der Waals surface area contributed by atoms with E-state index in [0.29, 0.717) is 5.56 Å². The minimum absolute atomic E-state index is 0. The molecular weight excluding hydrogens is 328 g/mol. The van der Waals surface area contributed by atoms with Crippen molar-refractivity contribution in [2.75, 3.05) is 20.2 Å². The molecular formula is C17H23ClN4O2. The van der Waals surface area contributed by atoms with Crippen molar-refractivity contribution in [2.45, 2.75) is 26.0 Å². The molecule has 1 aromatic carbocycles. The summed E-state index contributed by atoms with van der Waals surface area (Å²) in [6.45, 7) is 5.47. The Morgan fingerprint density at radius 1 is 1.29 bits per heavy atom. The average molecular weight is 351 g/mol. The highest BCUT2D eigenvalue weighted by Crippen LogP contribution is 2.13. The molecule has 1 amide bonds. The molecule has 2 aromatic rings. The lowest BCUT2D eigenvalue weighted by Crippen LogP contribution is -2.43. The number of hydrogen-bond donors (Lipinski definition) is 2. The predicted octanol–water partition coefficient (Wildman–Crippen LogP) is 1.63.